The summed E-state index contributed by atoms with van der Waals surface area (Å²) < 4.78 is 16.3. The molecule has 1 atom stereocenters. The van der Waals surface area contributed by atoms with Crippen LogP contribution < -0.4 is 9.47 Å². The summed E-state index contributed by atoms with van der Waals surface area (Å²) in [5, 5.41) is 0. The maximum Gasteiger partial charge on any atom is 0.231 e. The molecule has 144 valence electrons. The molecule has 0 N–H and O–H groups in total. The number of rotatable bonds is 7. The van der Waals surface area contributed by atoms with Gasteiger partial charge in [0.1, 0.15) is 5.76 Å². The standard InChI is InChI=1S/C23H23NO4/c1-17(19-6-3-2-4-7-19)24(15-20-8-5-13-26-20)23(25)12-10-18-9-11-21-22(14-18)28-16-27-21/h2-9,11,13-14,17H,10,12,15-16H2,1H3/t17-/m1/s1. The van der Waals surface area contributed by atoms with Crippen molar-refractivity contribution in [3.8, 4) is 11.5 Å². The van der Waals surface area contributed by atoms with Gasteiger partial charge in [-0.2, -0.15) is 0 Å². The van der Waals surface area contributed by atoms with Crippen LogP contribution in [0, 0.1) is 0 Å². The van der Waals surface area contributed by atoms with Crippen LogP contribution in [0.1, 0.15) is 36.3 Å². The van der Waals surface area contributed by atoms with Gasteiger partial charge in [-0.3, -0.25) is 4.79 Å². The predicted molar refractivity (Wildman–Crippen MR) is 105 cm³/mol. The Balaban J connectivity index is 1.48. The van der Waals surface area contributed by atoms with Crippen LogP contribution in [-0.2, 0) is 17.8 Å². The number of hydrogen-bond donors (Lipinski definition) is 0. The van der Waals surface area contributed by atoms with Crippen molar-refractivity contribution in [3.05, 3.63) is 83.8 Å². The molecule has 28 heavy (non-hydrogen) atoms. The lowest BCUT2D eigenvalue weighted by molar-refractivity contribution is -0.134. The molecule has 0 bridgehead atoms. The van der Waals surface area contributed by atoms with Crippen molar-refractivity contribution in [3.63, 3.8) is 0 Å². The summed E-state index contributed by atoms with van der Waals surface area (Å²) in [6.45, 7) is 2.75. The molecule has 0 radical (unpaired) electrons. The minimum absolute atomic E-state index is 0.0458. The van der Waals surface area contributed by atoms with Crippen LogP contribution in [0.5, 0.6) is 11.5 Å². The zero-order valence-electron chi connectivity index (χ0n) is 15.8. The lowest BCUT2D eigenvalue weighted by Crippen LogP contribution is -2.33. The van der Waals surface area contributed by atoms with Crippen LogP contribution in [0.2, 0.25) is 0 Å². The van der Waals surface area contributed by atoms with E-state index in [0.717, 1.165) is 28.4 Å². The normalized spacial score (nSPS) is 13.3. The molecule has 0 aliphatic carbocycles. The number of hydrogen-bond acceptors (Lipinski definition) is 4. The first-order valence-corrected chi connectivity index (χ1v) is 9.46. The third kappa shape index (κ3) is 4.03. The SMILES string of the molecule is C[C@H](c1ccccc1)N(Cc1ccco1)C(=O)CCc1ccc2c(c1)OCO2. The fourth-order valence-electron chi connectivity index (χ4n) is 3.41. The van der Waals surface area contributed by atoms with Gasteiger partial charge >= 0.3 is 0 Å². The van der Waals surface area contributed by atoms with Crippen molar-refractivity contribution in [1.29, 1.82) is 0 Å². The van der Waals surface area contributed by atoms with Crippen LogP contribution in [0.25, 0.3) is 0 Å². The summed E-state index contributed by atoms with van der Waals surface area (Å²) in [5.41, 5.74) is 2.16. The van der Waals surface area contributed by atoms with Gasteiger partial charge in [0.2, 0.25) is 12.7 Å². The number of carbonyl (C=O) groups excluding carboxylic acids is 1. The second kappa shape index (κ2) is 8.21. The fraction of sp³-hybridized carbons (Fsp3) is 0.261. The van der Waals surface area contributed by atoms with Gasteiger partial charge in [0, 0.05) is 6.42 Å². The monoisotopic (exact) mass is 377 g/mol. The first-order valence-electron chi connectivity index (χ1n) is 9.46. The lowest BCUT2D eigenvalue weighted by atomic mass is 10.0. The van der Waals surface area contributed by atoms with Crippen LogP contribution in [-0.4, -0.2) is 17.6 Å². The molecular formula is C23H23NO4. The van der Waals surface area contributed by atoms with E-state index in [1.165, 1.54) is 0 Å². The maximum absolute atomic E-state index is 13.1. The molecule has 5 nitrogen and oxygen atoms in total. The summed E-state index contributed by atoms with van der Waals surface area (Å²) in [6, 6.07) is 19.6. The van der Waals surface area contributed by atoms with E-state index in [2.05, 4.69) is 6.92 Å². The number of amides is 1. The number of fused-ring (bicyclic) bond motifs is 1. The van der Waals surface area contributed by atoms with Crippen LogP contribution >= 0.6 is 0 Å². The van der Waals surface area contributed by atoms with E-state index in [4.69, 9.17) is 13.9 Å². The fourth-order valence-corrected chi connectivity index (χ4v) is 3.41. The Labute approximate surface area is 164 Å². The molecule has 4 rings (SSSR count). The third-order valence-electron chi connectivity index (χ3n) is 5.04. The van der Waals surface area contributed by atoms with Gasteiger partial charge < -0.3 is 18.8 Å². The molecule has 0 saturated carbocycles. The Morgan fingerprint density at radius 1 is 1.04 bits per heavy atom. The van der Waals surface area contributed by atoms with Gasteiger partial charge in [0.05, 0.1) is 18.8 Å². The quantitative estimate of drug-likeness (QED) is 0.597. The maximum atomic E-state index is 13.1. The van der Waals surface area contributed by atoms with Gasteiger partial charge in [-0.15, -0.1) is 0 Å². The minimum atomic E-state index is -0.0458. The van der Waals surface area contributed by atoms with Gasteiger partial charge in [-0.05, 0) is 48.7 Å². The van der Waals surface area contributed by atoms with Crippen molar-refractivity contribution in [2.75, 3.05) is 6.79 Å². The number of aryl methyl sites for hydroxylation is 1. The molecule has 0 unspecified atom stereocenters. The van der Waals surface area contributed by atoms with Crippen molar-refractivity contribution in [2.24, 2.45) is 0 Å². The number of ether oxygens (including phenoxy) is 2. The van der Waals surface area contributed by atoms with E-state index < -0.39 is 0 Å². The highest BCUT2D eigenvalue weighted by molar-refractivity contribution is 5.77. The molecule has 0 saturated heterocycles. The molecule has 1 amide bonds. The molecule has 2 aromatic carbocycles. The zero-order chi connectivity index (χ0) is 19.3. The summed E-state index contributed by atoms with van der Waals surface area (Å²) in [6.07, 6.45) is 2.70. The molecule has 2 heterocycles. The molecule has 1 aliphatic rings. The third-order valence-corrected chi connectivity index (χ3v) is 5.04. The van der Waals surface area contributed by atoms with Crippen molar-refractivity contribution < 1.29 is 18.7 Å². The second-order valence-corrected chi connectivity index (χ2v) is 6.88. The first kappa shape index (κ1) is 18.2. The highest BCUT2D eigenvalue weighted by Crippen LogP contribution is 2.33. The lowest BCUT2D eigenvalue weighted by Gasteiger charge is -2.29. The van der Waals surface area contributed by atoms with Gasteiger partial charge in [-0.1, -0.05) is 36.4 Å². The highest BCUT2D eigenvalue weighted by Gasteiger charge is 2.23. The Morgan fingerprint density at radius 2 is 1.86 bits per heavy atom. The smallest absolute Gasteiger partial charge is 0.231 e. The van der Waals surface area contributed by atoms with Gasteiger partial charge in [0.25, 0.3) is 0 Å². The molecule has 1 aliphatic heterocycles. The van der Waals surface area contributed by atoms with Gasteiger partial charge in [0.15, 0.2) is 11.5 Å². The highest BCUT2D eigenvalue weighted by atomic mass is 16.7. The number of carbonyl (C=O) groups is 1. The average Bonchev–Trinajstić information content (AvgIpc) is 3.41. The molecule has 3 aromatic rings. The van der Waals surface area contributed by atoms with Crippen LogP contribution in [0.4, 0.5) is 0 Å². The van der Waals surface area contributed by atoms with Crippen LogP contribution in [0.15, 0.2) is 71.3 Å². The topological polar surface area (TPSA) is 51.9 Å². The molecule has 1 aromatic heterocycles. The van der Waals surface area contributed by atoms with E-state index in [1.807, 2.05) is 65.6 Å². The molecular weight excluding hydrogens is 354 g/mol. The van der Waals surface area contributed by atoms with Crippen molar-refractivity contribution in [2.45, 2.75) is 32.4 Å². The van der Waals surface area contributed by atoms with Gasteiger partial charge in [-0.25, -0.2) is 0 Å². The summed E-state index contributed by atoms with van der Waals surface area (Å²) in [5.74, 6) is 2.37. The van der Waals surface area contributed by atoms with E-state index in [-0.39, 0.29) is 18.7 Å². The van der Waals surface area contributed by atoms with E-state index in [9.17, 15) is 4.79 Å². The summed E-state index contributed by atoms with van der Waals surface area (Å²) in [7, 11) is 0. The Hall–Kier alpha value is -3.21. The first-order chi connectivity index (χ1) is 13.7. The van der Waals surface area contributed by atoms with E-state index in [0.29, 0.717) is 19.4 Å². The molecule has 0 spiro atoms. The van der Waals surface area contributed by atoms with E-state index >= 15 is 0 Å². The summed E-state index contributed by atoms with van der Waals surface area (Å²) in [4.78, 5) is 15.0. The zero-order valence-corrected chi connectivity index (χ0v) is 15.8. The Morgan fingerprint density at radius 3 is 2.64 bits per heavy atom. The van der Waals surface area contributed by atoms with Crippen molar-refractivity contribution >= 4 is 5.91 Å². The predicted octanol–water partition coefficient (Wildman–Crippen LogP) is 4.73. The minimum Gasteiger partial charge on any atom is -0.467 e. The number of furan rings is 1. The van der Waals surface area contributed by atoms with Crippen LogP contribution in [0.3, 0.4) is 0 Å². The average molecular weight is 377 g/mol. The second-order valence-electron chi connectivity index (χ2n) is 6.88. The Kier molecular flexibility index (Phi) is 5.33. The number of benzene rings is 2. The van der Waals surface area contributed by atoms with E-state index in [1.54, 1.807) is 6.26 Å². The largest absolute Gasteiger partial charge is 0.467 e. The van der Waals surface area contributed by atoms with Crippen molar-refractivity contribution in [1.82, 2.24) is 4.90 Å². The number of nitrogens with zero attached hydrogens (tertiary/aromatic N) is 1. The summed E-state index contributed by atoms with van der Waals surface area (Å²) >= 11 is 0. The molecule has 0 fully saturated rings. The molecule has 5 heteroatoms. The Bertz CT molecular complexity index is 921.